The molecule has 6 nitrogen and oxygen atoms in total. The first kappa shape index (κ1) is 14.6. The molecule has 114 valence electrons. The number of ether oxygens (including phenoxy) is 1. The number of carbonyl (C=O) groups is 1. The minimum absolute atomic E-state index is 0.397. The molecule has 0 aliphatic carbocycles. The van der Waals surface area contributed by atoms with Crippen LogP contribution in [0, 0.1) is 0 Å². The van der Waals surface area contributed by atoms with E-state index in [0.717, 1.165) is 10.8 Å². The van der Waals surface area contributed by atoms with E-state index in [2.05, 4.69) is 15.3 Å². The van der Waals surface area contributed by atoms with Gasteiger partial charge in [0.15, 0.2) is 0 Å². The van der Waals surface area contributed by atoms with Gasteiger partial charge in [0.2, 0.25) is 0 Å². The Morgan fingerprint density at radius 1 is 1.32 bits per heavy atom. The molecule has 3 aromatic heterocycles. The van der Waals surface area contributed by atoms with Crippen LogP contribution in [0.3, 0.4) is 0 Å². The highest BCUT2D eigenvalue weighted by atomic mass is 35.5. The maximum absolute atomic E-state index is 11.8. The van der Waals surface area contributed by atoms with E-state index in [1.807, 2.05) is 0 Å². The third-order valence-corrected chi connectivity index (χ3v) is 3.24. The number of imidazole rings is 1. The first-order valence-corrected chi connectivity index (χ1v) is 7.13. The van der Waals surface area contributed by atoms with Crippen LogP contribution in [0.1, 0.15) is 20.8 Å². The molecule has 0 unspecified atom stereocenters. The molecule has 0 fully saturated rings. The number of nitrogens with zero attached hydrogens (tertiary/aromatic N) is 3. The molecule has 22 heavy (non-hydrogen) atoms. The fourth-order valence-electron chi connectivity index (χ4n) is 2.12. The fraction of sp³-hybridized carbons (Fsp3) is 0.267. The summed E-state index contributed by atoms with van der Waals surface area (Å²) in [6, 6.07) is 3.55. The number of rotatable bonds is 1. The number of aromatic nitrogens is 3. The van der Waals surface area contributed by atoms with Crippen molar-refractivity contribution in [1.82, 2.24) is 14.4 Å². The van der Waals surface area contributed by atoms with Gasteiger partial charge in [-0.3, -0.25) is 9.72 Å². The van der Waals surface area contributed by atoms with Crippen molar-refractivity contribution in [3.63, 3.8) is 0 Å². The summed E-state index contributed by atoms with van der Waals surface area (Å²) in [5.41, 5.74) is 0.141. The number of nitrogens with one attached hydrogen (secondary N) is 1. The molecule has 0 saturated heterocycles. The molecule has 0 spiro atoms. The van der Waals surface area contributed by atoms with Crippen LogP contribution in [0.4, 0.5) is 10.6 Å². The Hall–Kier alpha value is -2.34. The molecule has 0 aliphatic rings. The summed E-state index contributed by atoms with van der Waals surface area (Å²) in [5.74, 6) is 0.397. The molecule has 3 heterocycles. The Bertz CT molecular complexity index is 867. The molecular formula is C15H15ClN4O2. The van der Waals surface area contributed by atoms with Gasteiger partial charge in [-0.25, -0.2) is 14.8 Å². The van der Waals surface area contributed by atoms with Crippen molar-refractivity contribution in [1.29, 1.82) is 0 Å². The van der Waals surface area contributed by atoms with Crippen molar-refractivity contribution in [2.24, 2.45) is 0 Å². The molecule has 0 saturated carbocycles. The second-order valence-electron chi connectivity index (χ2n) is 5.87. The van der Waals surface area contributed by atoms with Gasteiger partial charge in [0.05, 0.1) is 0 Å². The first-order valence-electron chi connectivity index (χ1n) is 6.75. The van der Waals surface area contributed by atoms with Crippen LogP contribution in [0.5, 0.6) is 0 Å². The monoisotopic (exact) mass is 318 g/mol. The molecule has 7 heteroatoms. The lowest BCUT2D eigenvalue weighted by molar-refractivity contribution is 0.0635. The van der Waals surface area contributed by atoms with Crippen LogP contribution in [-0.2, 0) is 4.74 Å². The first-order chi connectivity index (χ1) is 10.3. The number of pyridine rings is 2. The average Bonchev–Trinajstić information content (AvgIpc) is 2.87. The summed E-state index contributed by atoms with van der Waals surface area (Å²) in [5, 5.41) is 4.86. The van der Waals surface area contributed by atoms with Gasteiger partial charge < -0.3 is 4.74 Å². The topological polar surface area (TPSA) is 68.5 Å². The molecule has 3 rings (SSSR count). The number of amides is 1. The van der Waals surface area contributed by atoms with Crippen molar-refractivity contribution in [3.05, 3.63) is 35.9 Å². The average molecular weight is 319 g/mol. The molecule has 0 aliphatic heterocycles. The summed E-state index contributed by atoms with van der Waals surface area (Å²) >= 11 is 6.18. The maximum atomic E-state index is 11.8. The predicted octanol–water partition coefficient (Wildman–Crippen LogP) is 3.88. The summed E-state index contributed by atoms with van der Waals surface area (Å²) in [6.07, 6.45) is 4.54. The van der Waals surface area contributed by atoms with Gasteiger partial charge in [-0.05, 0) is 32.9 Å². The number of halogens is 1. The summed E-state index contributed by atoms with van der Waals surface area (Å²) < 4.78 is 6.98. The highest BCUT2D eigenvalue weighted by molar-refractivity contribution is 6.30. The largest absolute Gasteiger partial charge is 0.444 e. The predicted molar refractivity (Wildman–Crippen MR) is 85.4 cm³/mol. The zero-order chi connectivity index (χ0) is 15.9. The fourth-order valence-corrected chi connectivity index (χ4v) is 2.38. The molecular weight excluding hydrogens is 304 g/mol. The lowest BCUT2D eigenvalue weighted by Gasteiger charge is -2.19. The Labute approximate surface area is 132 Å². The molecule has 3 aromatic rings. The van der Waals surface area contributed by atoms with Gasteiger partial charge in [0.25, 0.3) is 0 Å². The lowest BCUT2D eigenvalue weighted by Crippen LogP contribution is -2.27. The number of hydrogen-bond acceptors (Lipinski definition) is 4. The highest BCUT2D eigenvalue weighted by Crippen LogP contribution is 2.25. The smallest absolute Gasteiger partial charge is 0.413 e. The van der Waals surface area contributed by atoms with Crippen LogP contribution < -0.4 is 5.32 Å². The number of hydrogen-bond donors (Lipinski definition) is 1. The van der Waals surface area contributed by atoms with Crippen LogP contribution in [0.25, 0.3) is 16.4 Å². The van der Waals surface area contributed by atoms with Gasteiger partial charge >= 0.3 is 6.09 Å². The van der Waals surface area contributed by atoms with Crippen molar-refractivity contribution >= 4 is 39.9 Å². The Morgan fingerprint density at radius 2 is 2.09 bits per heavy atom. The van der Waals surface area contributed by atoms with Crippen LogP contribution in [0.2, 0.25) is 5.15 Å². The summed E-state index contributed by atoms with van der Waals surface area (Å²) in [4.78, 5) is 20.3. The Morgan fingerprint density at radius 3 is 2.82 bits per heavy atom. The van der Waals surface area contributed by atoms with Gasteiger partial charge in [0.1, 0.15) is 22.2 Å². The standard InChI is InChI=1S/C15H15ClN4O2/c1-15(2,3)22-14(21)19-12-7-10-9(8-18-12)6-11(16)20-5-4-17-13(10)20/h4-8H,1-3H3,(H,18,19,21). The second kappa shape index (κ2) is 5.14. The summed E-state index contributed by atoms with van der Waals surface area (Å²) in [6.45, 7) is 5.41. The summed E-state index contributed by atoms with van der Waals surface area (Å²) in [7, 11) is 0. The normalized spacial score (nSPS) is 11.8. The van der Waals surface area contributed by atoms with Crippen LogP contribution in [-0.4, -0.2) is 26.1 Å². The van der Waals surface area contributed by atoms with E-state index in [0.29, 0.717) is 16.6 Å². The number of fused-ring (bicyclic) bond motifs is 3. The molecule has 0 atom stereocenters. The zero-order valence-electron chi connectivity index (χ0n) is 12.4. The van der Waals surface area contributed by atoms with Gasteiger partial charge in [-0.1, -0.05) is 11.6 Å². The van der Waals surface area contributed by atoms with Crippen molar-refractivity contribution in [2.75, 3.05) is 5.32 Å². The molecule has 1 N–H and O–H groups in total. The van der Waals surface area contributed by atoms with E-state index in [1.54, 1.807) is 55.9 Å². The third-order valence-electron chi connectivity index (χ3n) is 2.95. The quantitative estimate of drug-likeness (QED) is 0.691. The maximum Gasteiger partial charge on any atom is 0.413 e. The van der Waals surface area contributed by atoms with Crippen molar-refractivity contribution in [2.45, 2.75) is 26.4 Å². The highest BCUT2D eigenvalue weighted by Gasteiger charge is 2.17. The molecule has 0 bridgehead atoms. The van der Waals surface area contributed by atoms with Gasteiger partial charge in [0, 0.05) is 29.4 Å². The Kier molecular flexibility index (Phi) is 3.41. The minimum atomic E-state index is -0.565. The van der Waals surface area contributed by atoms with Gasteiger partial charge in [-0.2, -0.15) is 0 Å². The SMILES string of the molecule is CC(C)(C)OC(=O)Nc1cc2c(cn1)cc(Cl)n1ccnc21. The van der Waals surface area contributed by atoms with Crippen LogP contribution in [0.15, 0.2) is 30.7 Å². The number of anilines is 1. The van der Waals surface area contributed by atoms with E-state index in [9.17, 15) is 4.79 Å². The van der Waals surface area contributed by atoms with E-state index < -0.39 is 11.7 Å². The van der Waals surface area contributed by atoms with Gasteiger partial charge in [-0.15, -0.1) is 0 Å². The second-order valence-corrected chi connectivity index (χ2v) is 6.26. The van der Waals surface area contributed by atoms with E-state index in [-0.39, 0.29) is 0 Å². The minimum Gasteiger partial charge on any atom is -0.444 e. The Balaban J connectivity index is 1.99. The van der Waals surface area contributed by atoms with Crippen molar-refractivity contribution in [3.8, 4) is 0 Å². The third kappa shape index (κ3) is 2.82. The molecule has 0 aromatic carbocycles. The number of carbonyl (C=O) groups excluding carboxylic acids is 1. The van der Waals surface area contributed by atoms with E-state index >= 15 is 0 Å². The molecule has 1 amide bonds. The van der Waals surface area contributed by atoms with Crippen molar-refractivity contribution < 1.29 is 9.53 Å². The molecule has 0 radical (unpaired) electrons. The van der Waals surface area contributed by atoms with E-state index in [1.165, 1.54) is 0 Å². The lowest BCUT2D eigenvalue weighted by atomic mass is 10.2. The van der Waals surface area contributed by atoms with E-state index in [4.69, 9.17) is 16.3 Å². The zero-order valence-corrected chi connectivity index (χ0v) is 13.2. The van der Waals surface area contributed by atoms with Crippen LogP contribution >= 0.6 is 11.6 Å².